The highest BCUT2D eigenvalue weighted by Gasteiger charge is 2.55. The van der Waals surface area contributed by atoms with E-state index in [1.165, 1.54) is 0 Å². The summed E-state index contributed by atoms with van der Waals surface area (Å²) in [6, 6.07) is 14.1. The van der Waals surface area contributed by atoms with Gasteiger partial charge in [0, 0.05) is 10.4 Å². The number of allylic oxidation sites excluding steroid dienone is 1. The summed E-state index contributed by atoms with van der Waals surface area (Å²) in [5.41, 5.74) is 2.93. The van der Waals surface area contributed by atoms with Crippen molar-refractivity contribution in [3.8, 4) is 5.75 Å². The number of benzene rings is 2. The van der Waals surface area contributed by atoms with Gasteiger partial charge in [-0.2, -0.15) is 0 Å². The number of carbonyl (C=O) groups excluding carboxylic acids is 1. The van der Waals surface area contributed by atoms with Crippen molar-refractivity contribution in [3.05, 3.63) is 74.7 Å². The number of hydrogen-bond acceptors (Lipinski definition) is 3. The lowest BCUT2D eigenvalue weighted by molar-refractivity contribution is -0.146. The summed E-state index contributed by atoms with van der Waals surface area (Å²) in [4.78, 5) is 12.5. The van der Waals surface area contributed by atoms with Gasteiger partial charge in [0.2, 0.25) is 0 Å². The first-order valence-electron chi connectivity index (χ1n) is 8.96. The molecule has 4 rings (SSSR count). The second kappa shape index (κ2) is 7.44. The largest absolute Gasteiger partial charge is 0.488 e. The van der Waals surface area contributed by atoms with Gasteiger partial charge in [-0.05, 0) is 70.6 Å². The van der Waals surface area contributed by atoms with Crippen molar-refractivity contribution in [2.75, 3.05) is 6.61 Å². The van der Waals surface area contributed by atoms with Crippen LogP contribution in [0, 0.1) is 11.3 Å². The summed E-state index contributed by atoms with van der Waals surface area (Å²) < 4.78 is 13.3. The highest BCUT2D eigenvalue weighted by Crippen LogP contribution is 2.52. The van der Waals surface area contributed by atoms with Gasteiger partial charge in [0.15, 0.2) is 0 Å². The number of esters is 1. The minimum Gasteiger partial charge on any atom is -0.488 e. The molecule has 2 fully saturated rings. The average Bonchev–Trinajstić information content (AvgIpc) is 3.09. The zero-order chi connectivity index (χ0) is 19.0. The Morgan fingerprint density at radius 1 is 1.19 bits per heavy atom. The molecule has 3 nitrogen and oxygen atoms in total. The van der Waals surface area contributed by atoms with E-state index in [9.17, 15) is 4.79 Å². The van der Waals surface area contributed by atoms with Crippen LogP contribution in [-0.2, 0) is 22.6 Å². The average molecular weight is 492 g/mol. The van der Waals surface area contributed by atoms with Crippen LogP contribution >= 0.6 is 31.9 Å². The molecule has 140 valence electrons. The molecular formula is C22H20Br2O3. The van der Waals surface area contributed by atoms with Crippen molar-refractivity contribution in [2.24, 2.45) is 11.3 Å². The predicted molar refractivity (Wildman–Crippen MR) is 112 cm³/mol. The topological polar surface area (TPSA) is 35.5 Å². The summed E-state index contributed by atoms with van der Waals surface area (Å²) in [5.74, 6) is 0.971. The fourth-order valence-electron chi connectivity index (χ4n) is 4.19. The van der Waals surface area contributed by atoms with E-state index in [1.54, 1.807) is 0 Å². The van der Waals surface area contributed by atoms with Gasteiger partial charge in [-0.25, -0.2) is 0 Å². The number of fused-ring (bicyclic) bond motifs is 1. The number of carbonyl (C=O) groups is 1. The molecule has 1 aliphatic heterocycles. The molecule has 0 radical (unpaired) electrons. The quantitative estimate of drug-likeness (QED) is 0.389. The molecule has 2 aromatic carbocycles. The van der Waals surface area contributed by atoms with Crippen LogP contribution in [0.4, 0.5) is 0 Å². The van der Waals surface area contributed by atoms with Gasteiger partial charge in [-0.3, -0.25) is 4.79 Å². The molecule has 1 saturated carbocycles. The Hall–Kier alpha value is -1.59. The van der Waals surface area contributed by atoms with Gasteiger partial charge in [-0.15, -0.1) is 0 Å². The van der Waals surface area contributed by atoms with Crippen LogP contribution in [0.15, 0.2) is 63.6 Å². The Kier molecular flexibility index (Phi) is 5.17. The highest BCUT2D eigenvalue weighted by molar-refractivity contribution is 9.10. The van der Waals surface area contributed by atoms with Gasteiger partial charge < -0.3 is 9.47 Å². The van der Waals surface area contributed by atoms with E-state index >= 15 is 0 Å². The van der Waals surface area contributed by atoms with Gasteiger partial charge in [0.25, 0.3) is 0 Å². The molecule has 27 heavy (non-hydrogen) atoms. The number of rotatable bonds is 5. The number of hydrogen-bond donors (Lipinski definition) is 0. The minimum absolute atomic E-state index is 0.0720. The molecule has 0 N–H and O–H groups in total. The second-order valence-electron chi connectivity index (χ2n) is 7.44. The number of cyclic esters (lactones) is 1. The lowest BCUT2D eigenvalue weighted by Crippen LogP contribution is -2.31. The van der Waals surface area contributed by atoms with Crippen LogP contribution < -0.4 is 4.74 Å². The molecule has 2 aliphatic rings. The predicted octanol–water partition coefficient (Wildman–Crippen LogP) is 5.84. The van der Waals surface area contributed by atoms with Crippen molar-refractivity contribution >= 4 is 37.8 Å². The molecule has 2 unspecified atom stereocenters. The standard InChI is InChI=1S/C22H20Br2O3/c1-14-7-17-13-27-21(25)22(17,10-14)11-15-5-6-20(19(24)9-15)26-12-16-3-2-4-18(23)8-16/h2-6,8-9,17H,1,7,10-13H2. The molecule has 1 aliphatic carbocycles. The Labute approximate surface area is 176 Å². The third-order valence-electron chi connectivity index (χ3n) is 5.50. The van der Waals surface area contributed by atoms with Crippen LogP contribution in [0.5, 0.6) is 5.75 Å². The van der Waals surface area contributed by atoms with Crippen LogP contribution in [0.2, 0.25) is 0 Å². The zero-order valence-corrected chi connectivity index (χ0v) is 18.0. The van der Waals surface area contributed by atoms with E-state index in [1.807, 2.05) is 36.4 Å². The van der Waals surface area contributed by atoms with Crippen molar-refractivity contribution < 1.29 is 14.3 Å². The molecule has 0 bridgehead atoms. The first kappa shape index (κ1) is 18.8. The Balaban J connectivity index is 1.49. The van der Waals surface area contributed by atoms with Gasteiger partial charge >= 0.3 is 5.97 Å². The maximum absolute atomic E-state index is 12.5. The van der Waals surface area contributed by atoms with E-state index in [0.29, 0.717) is 19.6 Å². The molecule has 2 aromatic rings. The third-order valence-corrected chi connectivity index (χ3v) is 6.62. The maximum Gasteiger partial charge on any atom is 0.313 e. The monoisotopic (exact) mass is 490 g/mol. The first-order valence-corrected chi connectivity index (χ1v) is 10.5. The fraction of sp³-hybridized carbons (Fsp3) is 0.318. The normalized spacial score (nSPS) is 24.0. The summed E-state index contributed by atoms with van der Waals surface area (Å²) in [5, 5.41) is 0. The fourth-order valence-corrected chi connectivity index (χ4v) is 5.17. The second-order valence-corrected chi connectivity index (χ2v) is 9.21. The van der Waals surface area contributed by atoms with E-state index in [0.717, 1.165) is 44.2 Å². The summed E-state index contributed by atoms with van der Waals surface area (Å²) >= 11 is 7.09. The van der Waals surface area contributed by atoms with Crippen molar-refractivity contribution in [3.63, 3.8) is 0 Å². The van der Waals surface area contributed by atoms with Crippen molar-refractivity contribution in [2.45, 2.75) is 25.9 Å². The minimum atomic E-state index is -0.435. The lowest BCUT2D eigenvalue weighted by atomic mass is 9.75. The Morgan fingerprint density at radius 2 is 2.04 bits per heavy atom. The summed E-state index contributed by atoms with van der Waals surface area (Å²) in [6.45, 7) is 5.12. The highest BCUT2D eigenvalue weighted by atomic mass is 79.9. The van der Waals surface area contributed by atoms with E-state index in [-0.39, 0.29) is 11.9 Å². The van der Waals surface area contributed by atoms with Crippen molar-refractivity contribution in [1.29, 1.82) is 0 Å². The molecular weight excluding hydrogens is 472 g/mol. The van der Waals surface area contributed by atoms with Crippen LogP contribution in [0.1, 0.15) is 24.0 Å². The molecule has 2 atom stereocenters. The molecule has 1 heterocycles. The molecule has 5 heteroatoms. The van der Waals surface area contributed by atoms with Crippen LogP contribution in [0.25, 0.3) is 0 Å². The molecule has 0 amide bonds. The van der Waals surface area contributed by atoms with Crippen molar-refractivity contribution in [1.82, 2.24) is 0 Å². The van der Waals surface area contributed by atoms with E-state index in [4.69, 9.17) is 9.47 Å². The lowest BCUT2D eigenvalue weighted by Gasteiger charge is -2.24. The van der Waals surface area contributed by atoms with E-state index < -0.39 is 5.41 Å². The first-order chi connectivity index (χ1) is 13.0. The Bertz CT molecular complexity index is 908. The van der Waals surface area contributed by atoms with E-state index in [2.05, 4.69) is 44.5 Å². The number of halogens is 2. The molecule has 1 saturated heterocycles. The smallest absolute Gasteiger partial charge is 0.313 e. The van der Waals surface area contributed by atoms with Crippen LogP contribution in [-0.4, -0.2) is 12.6 Å². The van der Waals surface area contributed by atoms with Gasteiger partial charge in [0.1, 0.15) is 12.4 Å². The Morgan fingerprint density at radius 3 is 2.81 bits per heavy atom. The zero-order valence-electron chi connectivity index (χ0n) is 14.8. The summed E-state index contributed by atoms with van der Waals surface area (Å²) in [7, 11) is 0. The SMILES string of the molecule is C=C1CC2COC(=O)C2(Cc2ccc(OCc3cccc(Br)c3)c(Br)c2)C1. The van der Waals surface area contributed by atoms with Gasteiger partial charge in [-0.1, -0.05) is 46.3 Å². The van der Waals surface area contributed by atoms with Gasteiger partial charge in [0.05, 0.1) is 16.5 Å². The maximum atomic E-state index is 12.5. The summed E-state index contributed by atoms with van der Waals surface area (Å²) in [6.07, 6.45) is 2.30. The molecule has 0 aromatic heterocycles. The molecule has 0 spiro atoms. The third kappa shape index (κ3) is 3.72. The number of ether oxygens (including phenoxy) is 2. The van der Waals surface area contributed by atoms with Crippen LogP contribution in [0.3, 0.4) is 0 Å².